The van der Waals surface area contributed by atoms with E-state index in [-0.39, 0.29) is 6.61 Å². The van der Waals surface area contributed by atoms with Crippen molar-refractivity contribution in [3.05, 3.63) is 29.8 Å². The van der Waals surface area contributed by atoms with Crippen LogP contribution in [-0.2, 0) is 0 Å². The van der Waals surface area contributed by atoms with E-state index in [0.717, 1.165) is 22.6 Å². The number of aliphatic hydroxyl groups is 1. The van der Waals surface area contributed by atoms with Gasteiger partial charge in [-0.1, -0.05) is 6.08 Å². The first-order valence-corrected chi connectivity index (χ1v) is 4.73. The van der Waals surface area contributed by atoms with Crippen LogP contribution in [0.1, 0.15) is 12.5 Å². The molecule has 0 spiro atoms. The molecule has 0 amide bonds. The van der Waals surface area contributed by atoms with Gasteiger partial charge < -0.3 is 14.6 Å². The molecule has 1 rings (SSSR count). The normalized spacial score (nSPS) is 11.3. The molecule has 0 aromatic heterocycles. The first-order valence-electron chi connectivity index (χ1n) is 4.73. The maximum Gasteiger partial charge on any atom is 0.126 e. The van der Waals surface area contributed by atoms with E-state index in [1.807, 2.05) is 25.1 Å². The molecule has 0 atom stereocenters. The van der Waals surface area contributed by atoms with Crippen LogP contribution < -0.4 is 9.47 Å². The van der Waals surface area contributed by atoms with Gasteiger partial charge in [-0.05, 0) is 30.7 Å². The van der Waals surface area contributed by atoms with Crippen LogP contribution in [0.3, 0.4) is 0 Å². The van der Waals surface area contributed by atoms with Crippen LogP contribution in [-0.4, -0.2) is 25.9 Å². The molecular weight excluding hydrogens is 192 g/mol. The predicted octanol–water partition coefficient (Wildman–Crippen LogP) is 2.10. The molecule has 15 heavy (non-hydrogen) atoms. The fraction of sp³-hybridized carbons (Fsp3) is 0.333. The molecule has 3 heteroatoms. The molecule has 1 N–H and O–H groups in total. The van der Waals surface area contributed by atoms with E-state index in [4.69, 9.17) is 14.6 Å². The van der Waals surface area contributed by atoms with Crippen molar-refractivity contribution in [2.75, 3.05) is 20.8 Å². The quantitative estimate of drug-likeness (QED) is 0.823. The van der Waals surface area contributed by atoms with Crippen molar-refractivity contribution in [3.8, 4) is 11.5 Å². The highest BCUT2D eigenvalue weighted by Gasteiger charge is 2.06. The summed E-state index contributed by atoms with van der Waals surface area (Å²) < 4.78 is 10.4. The van der Waals surface area contributed by atoms with Crippen LogP contribution in [0.4, 0.5) is 0 Å². The van der Waals surface area contributed by atoms with Crippen LogP contribution in [0.25, 0.3) is 5.57 Å². The Morgan fingerprint density at radius 3 is 2.60 bits per heavy atom. The predicted molar refractivity (Wildman–Crippen MR) is 60.3 cm³/mol. The Labute approximate surface area is 90.0 Å². The number of allylic oxidation sites excluding steroid dienone is 1. The first kappa shape index (κ1) is 11.6. The van der Waals surface area contributed by atoms with Gasteiger partial charge in [-0.2, -0.15) is 0 Å². The fourth-order valence-electron chi connectivity index (χ4n) is 1.37. The topological polar surface area (TPSA) is 38.7 Å². The molecule has 1 aromatic rings. The minimum absolute atomic E-state index is 0.0200. The van der Waals surface area contributed by atoms with Gasteiger partial charge in [0.2, 0.25) is 0 Å². The van der Waals surface area contributed by atoms with Crippen molar-refractivity contribution in [1.29, 1.82) is 0 Å². The smallest absolute Gasteiger partial charge is 0.126 e. The number of aliphatic hydroxyl groups excluding tert-OH is 1. The van der Waals surface area contributed by atoms with Crippen LogP contribution in [0.2, 0.25) is 0 Å². The molecule has 0 radical (unpaired) electrons. The van der Waals surface area contributed by atoms with Crippen molar-refractivity contribution in [2.45, 2.75) is 6.92 Å². The molecule has 1 aromatic carbocycles. The zero-order chi connectivity index (χ0) is 11.3. The number of rotatable bonds is 4. The lowest BCUT2D eigenvalue weighted by atomic mass is 10.1. The van der Waals surface area contributed by atoms with E-state index < -0.39 is 0 Å². The molecule has 0 unspecified atom stereocenters. The molecule has 0 saturated heterocycles. The maximum atomic E-state index is 8.84. The highest BCUT2D eigenvalue weighted by Crippen LogP contribution is 2.29. The lowest BCUT2D eigenvalue weighted by molar-refractivity contribution is 0.343. The third kappa shape index (κ3) is 2.73. The Morgan fingerprint density at radius 1 is 1.33 bits per heavy atom. The van der Waals surface area contributed by atoms with Gasteiger partial charge in [0.1, 0.15) is 11.5 Å². The van der Waals surface area contributed by atoms with Gasteiger partial charge >= 0.3 is 0 Å². The highest BCUT2D eigenvalue weighted by molar-refractivity contribution is 5.70. The Morgan fingerprint density at radius 2 is 2.07 bits per heavy atom. The van der Waals surface area contributed by atoms with Crippen LogP contribution >= 0.6 is 0 Å². The van der Waals surface area contributed by atoms with E-state index in [1.54, 1.807) is 20.3 Å². The Kier molecular flexibility index (Phi) is 4.18. The SMILES string of the molecule is COc1ccc(OC)c(C(C)=CCO)c1. The molecular formula is C12H16O3. The average molecular weight is 208 g/mol. The van der Waals surface area contributed by atoms with Gasteiger partial charge in [0.05, 0.1) is 20.8 Å². The van der Waals surface area contributed by atoms with Gasteiger partial charge in [0, 0.05) is 5.56 Å². The number of ether oxygens (including phenoxy) is 2. The first-order chi connectivity index (χ1) is 7.22. The van der Waals surface area contributed by atoms with E-state index in [9.17, 15) is 0 Å². The molecule has 0 fully saturated rings. The molecule has 82 valence electrons. The third-order valence-electron chi connectivity index (χ3n) is 2.23. The van der Waals surface area contributed by atoms with Gasteiger partial charge in [0.25, 0.3) is 0 Å². The number of hydrogen-bond donors (Lipinski definition) is 1. The molecule has 0 heterocycles. The van der Waals surface area contributed by atoms with Crippen molar-refractivity contribution < 1.29 is 14.6 Å². The summed E-state index contributed by atoms with van der Waals surface area (Å²) in [7, 11) is 3.24. The molecule has 0 aliphatic rings. The third-order valence-corrected chi connectivity index (χ3v) is 2.23. The standard InChI is InChI=1S/C12H16O3/c1-9(6-7-13)11-8-10(14-2)4-5-12(11)15-3/h4-6,8,13H,7H2,1-3H3. The second-order valence-electron chi connectivity index (χ2n) is 3.14. The summed E-state index contributed by atoms with van der Waals surface area (Å²) in [5.74, 6) is 1.55. The summed E-state index contributed by atoms with van der Waals surface area (Å²) in [6.07, 6.45) is 1.73. The Balaban J connectivity index is 3.17. The van der Waals surface area contributed by atoms with Gasteiger partial charge in [-0.15, -0.1) is 0 Å². The van der Waals surface area contributed by atoms with Crippen molar-refractivity contribution in [1.82, 2.24) is 0 Å². The van der Waals surface area contributed by atoms with Gasteiger partial charge in [0.15, 0.2) is 0 Å². The zero-order valence-corrected chi connectivity index (χ0v) is 9.28. The second kappa shape index (κ2) is 5.41. The number of methoxy groups -OCH3 is 2. The Bertz CT molecular complexity index is 356. The summed E-state index contributed by atoms with van der Waals surface area (Å²) in [6, 6.07) is 5.58. The van der Waals surface area contributed by atoms with E-state index >= 15 is 0 Å². The molecule has 0 aliphatic carbocycles. The summed E-state index contributed by atoms with van der Waals surface area (Å²) >= 11 is 0. The molecule has 0 aliphatic heterocycles. The lowest BCUT2D eigenvalue weighted by Crippen LogP contribution is -1.92. The second-order valence-corrected chi connectivity index (χ2v) is 3.14. The summed E-state index contributed by atoms with van der Waals surface area (Å²) in [5, 5.41) is 8.84. The minimum atomic E-state index is 0.0200. The molecule has 0 saturated carbocycles. The number of benzene rings is 1. The van der Waals surface area contributed by atoms with Gasteiger partial charge in [-0.25, -0.2) is 0 Å². The maximum absolute atomic E-state index is 8.84. The minimum Gasteiger partial charge on any atom is -0.497 e. The van der Waals surface area contributed by atoms with Crippen LogP contribution in [0.15, 0.2) is 24.3 Å². The monoisotopic (exact) mass is 208 g/mol. The van der Waals surface area contributed by atoms with Crippen LogP contribution in [0.5, 0.6) is 11.5 Å². The zero-order valence-electron chi connectivity index (χ0n) is 9.28. The Hall–Kier alpha value is -1.48. The number of hydrogen-bond acceptors (Lipinski definition) is 3. The van der Waals surface area contributed by atoms with Crippen molar-refractivity contribution >= 4 is 5.57 Å². The summed E-state index contributed by atoms with van der Waals surface area (Å²) in [6.45, 7) is 1.94. The van der Waals surface area contributed by atoms with E-state index in [2.05, 4.69) is 0 Å². The fourth-order valence-corrected chi connectivity index (χ4v) is 1.37. The van der Waals surface area contributed by atoms with Crippen LogP contribution in [0, 0.1) is 0 Å². The van der Waals surface area contributed by atoms with E-state index in [1.165, 1.54) is 0 Å². The highest BCUT2D eigenvalue weighted by atomic mass is 16.5. The molecule has 0 bridgehead atoms. The summed E-state index contributed by atoms with van der Waals surface area (Å²) in [5.41, 5.74) is 1.90. The summed E-state index contributed by atoms with van der Waals surface area (Å²) in [4.78, 5) is 0. The average Bonchev–Trinajstić information content (AvgIpc) is 2.28. The molecule has 3 nitrogen and oxygen atoms in total. The lowest BCUT2D eigenvalue weighted by Gasteiger charge is -2.10. The van der Waals surface area contributed by atoms with Crippen molar-refractivity contribution in [3.63, 3.8) is 0 Å². The van der Waals surface area contributed by atoms with E-state index in [0.29, 0.717) is 0 Å². The largest absolute Gasteiger partial charge is 0.497 e. The van der Waals surface area contributed by atoms with Crippen molar-refractivity contribution in [2.24, 2.45) is 0 Å². The van der Waals surface area contributed by atoms with Gasteiger partial charge in [-0.3, -0.25) is 0 Å².